The molecule has 1 nitrogen and oxygen atoms in total. The van der Waals surface area contributed by atoms with Gasteiger partial charge in [-0.05, 0) is 38.0 Å². The first kappa shape index (κ1) is 7.55. The molecule has 0 aromatic carbocycles. The number of nitrogens with one attached hydrogen (secondary N) is 1. The molecule has 0 bridgehead atoms. The molecule has 0 amide bonds. The van der Waals surface area contributed by atoms with Crippen molar-refractivity contribution in [3.05, 3.63) is 23.3 Å². The lowest BCUT2D eigenvalue weighted by atomic mass is 9.99. The fourth-order valence-electron chi connectivity index (χ4n) is 1.34. The summed E-state index contributed by atoms with van der Waals surface area (Å²) in [6, 6.07) is 0. The Kier molecular flexibility index (Phi) is 2.69. The number of piperidine rings is 1. The topological polar surface area (TPSA) is 12.0 Å². The van der Waals surface area contributed by atoms with Crippen molar-refractivity contribution in [2.24, 2.45) is 0 Å². The van der Waals surface area contributed by atoms with E-state index < -0.39 is 0 Å². The highest BCUT2D eigenvalue weighted by Crippen LogP contribution is 2.15. The fraction of sp³-hybridized carbons (Fsp3) is 0.556. The second-order valence-electron chi connectivity index (χ2n) is 2.55. The maximum absolute atomic E-state index is 3.34. The van der Waals surface area contributed by atoms with Gasteiger partial charge in [0.05, 0.1) is 0 Å². The van der Waals surface area contributed by atoms with E-state index in [1.54, 1.807) is 0 Å². The minimum Gasteiger partial charge on any atom is -0.312 e. The number of allylic oxidation sites excluding steroid dienone is 2. The first-order chi connectivity index (χ1) is 4.88. The van der Waals surface area contributed by atoms with Crippen LogP contribution in [-0.2, 0) is 0 Å². The summed E-state index contributed by atoms with van der Waals surface area (Å²) in [6.07, 6.45) is 5.60. The zero-order valence-corrected chi connectivity index (χ0v) is 6.78. The first-order valence-corrected chi connectivity index (χ1v) is 3.90. The van der Waals surface area contributed by atoms with Crippen LogP contribution in [0.5, 0.6) is 0 Å². The van der Waals surface area contributed by atoms with Crippen molar-refractivity contribution in [3.8, 4) is 0 Å². The molecule has 1 aliphatic heterocycles. The van der Waals surface area contributed by atoms with Crippen LogP contribution >= 0.6 is 0 Å². The van der Waals surface area contributed by atoms with E-state index in [2.05, 4.69) is 31.3 Å². The monoisotopic (exact) mass is 137 g/mol. The number of hydrogen-bond acceptors (Lipinski definition) is 1. The van der Waals surface area contributed by atoms with Gasteiger partial charge in [-0.3, -0.25) is 0 Å². The van der Waals surface area contributed by atoms with E-state index in [1.165, 1.54) is 17.6 Å². The fourth-order valence-corrected chi connectivity index (χ4v) is 1.34. The predicted molar refractivity (Wildman–Crippen MR) is 45.0 cm³/mol. The highest BCUT2D eigenvalue weighted by Gasteiger charge is 2.07. The summed E-state index contributed by atoms with van der Waals surface area (Å²) in [6.45, 7) is 6.41. The van der Waals surface area contributed by atoms with Crippen LogP contribution in [-0.4, -0.2) is 13.1 Å². The Morgan fingerprint density at radius 2 is 1.90 bits per heavy atom. The van der Waals surface area contributed by atoms with E-state index in [9.17, 15) is 0 Å². The zero-order chi connectivity index (χ0) is 7.40. The molecule has 0 saturated carbocycles. The minimum atomic E-state index is 1.05. The Balaban J connectivity index is 2.69. The van der Waals surface area contributed by atoms with Crippen molar-refractivity contribution in [3.63, 3.8) is 0 Å². The van der Waals surface area contributed by atoms with Gasteiger partial charge in [0.2, 0.25) is 0 Å². The first-order valence-electron chi connectivity index (χ1n) is 3.90. The molecule has 1 aliphatic rings. The molecule has 1 N–H and O–H groups in total. The van der Waals surface area contributed by atoms with Crippen molar-refractivity contribution in [2.75, 3.05) is 13.1 Å². The summed E-state index contributed by atoms with van der Waals surface area (Å²) < 4.78 is 0. The molecule has 1 heterocycles. The summed E-state index contributed by atoms with van der Waals surface area (Å²) in [4.78, 5) is 0. The summed E-state index contributed by atoms with van der Waals surface area (Å²) in [5, 5.41) is 3.34. The average Bonchev–Trinajstić information content (AvgIpc) is 2.04. The van der Waals surface area contributed by atoms with Crippen LogP contribution in [0, 0.1) is 0 Å². The van der Waals surface area contributed by atoms with Crippen LogP contribution in [0.3, 0.4) is 0 Å². The Morgan fingerprint density at radius 3 is 2.40 bits per heavy atom. The molecule has 0 atom stereocenters. The normalized spacial score (nSPS) is 27.8. The number of hydrogen-bond donors (Lipinski definition) is 1. The molecule has 10 heavy (non-hydrogen) atoms. The second kappa shape index (κ2) is 3.57. The maximum Gasteiger partial charge on any atom is 0.0204 e. The van der Waals surface area contributed by atoms with E-state index in [1.807, 2.05) is 0 Å². The van der Waals surface area contributed by atoms with Crippen molar-refractivity contribution in [1.82, 2.24) is 5.32 Å². The zero-order valence-electron chi connectivity index (χ0n) is 6.78. The third-order valence-corrected chi connectivity index (χ3v) is 2.00. The molecule has 0 aromatic rings. The maximum atomic E-state index is 3.34. The molecular weight excluding hydrogens is 122 g/mol. The SMILES string of the molecule is C/C=C1/CCNC/C1=C/C. The van der Waals surface area contributed by atoms with E-state index in [-0.39, 0.29) is 0 Å². The van der Waals surface area contributed by atoms with Gasteiger partial charge in [-0.2, -0.15) is 0 Å². The molecule has 0 aliphatic carbocycles. The Hall–Kier alpha value is -0.560. The lowest BCUT2D eigenvalue weighted by Gasteiger charge is -2.18. The van der Waals surface area contributed by atoms with E-state index in [4.69, 9.17) is 0 Å². The predicted octanol–water partition coefficient (Wildman–Crippen LogP) is 1.87. The van der Waals surface area contributed by atoms with Crippen molar-refractivity contribution < 1.29 is 0 Å². The third-order valence-electron chi connectivity index (χ3n) is 2.00. The van der Waals surface area contributed by atoms with Crippen LogP contribution < -0.4 is 5.32 Å². The Bertz CT molecular complexity index is 146. The highest BCUT2D eigenvalue weighted by atomic mass is 14.9. The average molecular weight is 137 g/mol. The van der Waals surface area contributed by atoms with Gasteiger partial charge in [0.1, 0.15) is 0 Å². The minimum absolute atomic E-state index is 1.05. The summed E-state index contributed by atoms with van der Waals surface area (Å²) in [5.41, 5.74) is 2.98. The molecule has 1 rings (SSSR count). The van der Waals surface area contributed by atoms with Gasteiger partial charge in [0, 0.05) is 6.54 Å². The van der Waals surface area contributed by atoms with Crippen molar-refractivity contribution >= 4 is 0 Å². The van der Waals surface area contributed by atoms with Crippen LogP contribution in [0.15, 0.2) is 23.3 Å². The standard InChI is InChI=1S/C9H15N/c1-3-8-5-6-10-7-9(8)4-2/h3-4,10H,5-7H2,1-2H3/b8-3-,9-4-. The van der Waals surface area contributed by atoms with Gasteiger partial charge in [0.15, 0.2) is 0 Å². The molecular formula is C9H15N. The number of rotatable bonds is 0. The molecule has 0 radical (unpaired) electrons. The van der Waals surface area contributed by atoms with Gasteiger partial charge >= 0.3 is 0 Å². The third kappa shape index (κ3) is 1.48. The van der Waals surface area contributed by atoms with Crippen LogP contribution in [0.25, 0.3) is 0 Å². The Labute approximate surface area is 62.8 Å². The van der Waals surface area contributed by atoms with Crippen molar-refractivity contribution in [1.29, 1.82) is 0 Å². The molecule has 1 heteroatoms. The van der Waals surface area contributed by atoms with Crippen LogP contribution in [0.4, 0.5) is 0 Å². The molecule has 1 fully saturated rings. The van der Waals surface area contributed by atoms with E-state index >= 15 is 0 Å². The quantitative estimate of drug-likeness (QED) is 0.537. The van der Waals surface area contributed by atoms with E-state index in [0.717, 1.165) is 13.1 Å². The second-order valence-corrected chi connectivity index (χ2v) is 2.55. The van der Waals surface area contributed by atoms with Gasteiger partial charge in [-0.25, -0.2) is 0 Å². The lowest BCUT2D eigenvalue weighted by molar-refractivity contribution is 0.681. The largest absolute Gasteiger partial charge is 0.312 e. The van der Waals surface area contributed by atoms with Gasteiger partial charge < -0.3 is 5.32 Å². The Morgan fingerprint density at radius 1 is 1.20 bits per heavy atom. The summed E-state index contributed by atoms with van der Waals surface area (Å²) >= 11 is 0. The van der Waals surface area contributed by atoms with Crippen LogP contribution in [0.2, 0.25) is 0 Å². The van der Waals surface area contributed by atoms with Crippen molar-refractivity contribution in [2.45, 2.75) is 20.3 Å². The molecule has 56 valence electrons. The van der Waals surface area contributed by atoms with E-state index in [0.29, 0.717) is 0 Å². The molecule has 0 unspecified atom stereocenters. The van der Waals surface area contributed by atoms with Crippen LogP contribution in [0.1, 0.15) is 20.3 Å². The van der Waals surface area contributed by atoms with Gasteiger partial charge in [-0.15, -0.1) is 0 Å². The van der Waals surface area contributed by atoms with Gasteiger partial charge in [0.25, 0.3) is 0 Å². The smallest absolute Gasteiger partial charge is 0.0204 e. The summed E-state index contributed by atoms with van der Waals surface area (Å²) in [7, 11) is 0. The molecule has 1 saturated heterocycles. The lowest BCUT2D eigenvalue weighted by Crippen LogP contribution is -2.25. The summed E-state index contributed by atoms with van der Waals surface area (Å²) in [5.74, 6) is 0. The molecule has 0 aromatic heterocycles. The molecule has 0 spiro atoms. The highest BCUT2D eigenvalue weighted by molar-refractivity contribution is 5.33. The van der Waals surface area contributed by atoms with Gasteiger partial charge in [-0.1, -0.05) is 12.2 Å².